The van der Waals surface area contributed by atoms with Crippen molar-refractivity contribution in [1.82, 2.24) is 9.21 Å². The van der Waals surface area contributed by atoms with Crippen LogP contribution in [0.25, 0.3) is 0 Å². The maximum Gasteiger partial charge on any atom is 0.253 e. The van der Waals surface area contributed by atoms with Crippen LogP contribution >= 0.6 is 0 Å². The van der Waals surface area contributed by atoms with Gasteiger partial charge in [-0.1, -0.05) is 32.0 Å². The molecule has 28 heavy (non-hydrogen) atoms. The molecule has 2 aromatic carbocycles. The topological polar surface area (TPSA) is 66.9 Å². The molecule has 0 saturated heterocycles. The molecule has 2 rings (SSSR count). The summed E-state index contributed by atoms with van der Waals surface area (Å²) in [4.78, 5) is 14.5. The van der Waals surface area contributed by atoms with Crippen molar-refractivity contribution in [3.05, 3.63) is 59.7 Å². The van der Waals surface area contributed by atoms with Gasteiger partial charge in [0.15, 0.2) is 0 Å². The average Bonchev–Trinajstić information content (AvgIpc) is 2.70. The molecule has 0 aliphatic rings. The summed E-state index contributed by atoms with van der Waals surface area (Å²) in [5.41, 5.74) is 1.31. The first-order valence-electron chi connectivity index (χ1n) is 9.40. The van der Waals surface area contributed by atoms with E-state index in [2.05, 4.69) is 0 Å². The molecule has 0 saturated carbocycles. The quantitative estimate of drug-likeness (QED) is 0.643. The van der Waals surface area contributed by atoms with Gasteiger partial charge in [0, 0.05) is 32.2 Å². The van der Waals surface area contributed by atoms with Crippen molar-refractivity contribution >= 4 is 15.9 Å². The third kappa shape index (κ3) is 5.11. The third-order valence-corrected chi connectivity index (χ3v) is 6.47. The second kappa shape index (κ2) is 9.71. The van der Waals surface area contributed by atoms with E-state index in [1.54, 1.807) is 37.9 Å². The summed E-state index contributed by atoms with van der Waals surface area (Å²) in [6.07, 6.45) is 0. The first kappa shape index (κ1) is 21.9. The van der Waals surface area contributed by atoms with E-state index < -0.39 is 10.0 Å². The van der Waals surface area contributed by atoms with E-state index in [0.29, 0.717) is 31.8 Å². The number of rotatable bonds is 9. The fourth-order valence-electron chi connectivity index (χ4n) is 2.93. The molecule has 0 bridgehead atoms. The molecule has 0 aliphatic carbocycles. The molecule has 0 heterocycles. The van der Waals surface area contributed by atoms with Gasteiger partial charge in [-0.25, -0.2) is 8.42 Å². The molecule has 0 N–H and O–H groups in total. The van der Waals surface area contributed by atoms with Gasteiger partial charge in [-0.3, -0.25) is 4.79 Å². The molecule has 1 amide bonds. The minimum Gasteiger partial charge on any atom is -0.494 e. The Labute approximate surface area is 167 Å². The summed E-state index contributed by atoms with van der Waals surface area (Å²) in [6, 6.07) is 13.8. The molecule has 0 atom stereocenters. The van der Waals surface area contributed by atoms with Crippen molar-refractivity contribution in [2.45, 2.75) is 32.2 Å². The van der Waals surface area contributed by atoms with Crippen LogP contribution in [0.15, 0.2) is 53.4 Å². The van der Waals surface area contributed by atoms with Crippen LogP contribution < -0.4 is 4.74 Å². The smallest absolute Gasteiger partial charge is 0.253 e. The number of hydrogen-bond acceptors (Lipinski definition) is 4. The standard InChI is InChI=1S/C21H28N2O4S/c1-5-23(6-2)28(25,26)20-10-8-9-18(15-20)21(24)22(4)16-17-11-13-19(14-12-17)27-7-3/h8-15H,5-7,16H2,1-4H3. The summed E-state index contributed by atoms with van der Waals surface area (Å²) in [7, 11) is -1.90. The molecule has 0 aliphatic heterocycles. The van der Waals surface area contributed by atoms with Crippen molar-refractivity contribution in [1.29, 1.82) is 0 Å². The van der Waals surface area contributed by atoms with Gasteiger partial charge in [-0.05, 0) is 42.8 Å². The lowest BCUT2D eigenvalue weighted by molar-refractivity contribution is 0.0785. The van der Waals surface area contributed by atoms with E-state index in [9.17, 15) is 13.2 Å². The van der Waals surface area contributed by atoms with Gasteiger partial charge >= 0.3 is 0 Å². The zero-order valence-electron chi connectivity index (χ0n) is 16.9. The number of ether oxygens (including phenoxy) is 1. The van der Waals surface area contributed by atoms with Crippen molar-refractivity contribution in [3.63, 3.8) is 0 Å². The van der Waals surface area contributed by atoms with Crippen LogP contribution in [-0.4, -0.2) is 50.3 Å². The number of sulfonamides is 1. The minimum atomic E-state index is -3.60. The van der Waals surface area contributed by atoms with Crippen LogP contribution in [0.4, 0.5) is 0 Å². The van der Waals surface area contributed by atoms with Crippen LogP contribution in [0.5, 0.6) is 5.75 Å². The number of amides is 1. The Morgan fingerprint density at radius 2 is 1.64 bits per heavy atom. The average molecular weight is 405 g/mol. The highest BCUT2D eigenvalue weighted by molar-refractivity contribution is 7.89. The zero-order chi connectivity index (χ0) is 20.7. The fourth-order valence-corrected chi connectivity index (χ4v) is 4.43. The Bertz CT molecular complexity index is 891. The Balaban J connectivity index is 2.17. The summed E-state index contributed by atoms with van der Waals surface area (Å²) in [6.45, 7) is 7.29. The van der Waals surface area contributed by atoms with E-state index in [-0.39, 0.29) is 10.8 Å². The monoisotopic (exact) mass is 404 g/mol. The summed E-state index contributed by atoms with van der Waals surface area (Å²) in [5.74, 6) is 0.556. The van der Waals surface area contributed by atoms with Crippen molar-refractivity contribution in [2.24, 2.45) is 0 Å². The molecule has 0 unspecified atom stereocenters. The SMILES string of the molecule is CCOc1ccc(CN(C)C(=O)c2cccc(S(=O)(=O)N(CC)CC)c2)cc1. The second-order valence-corrected chi connectivity index (χ2v) is 8.29. The number of nitrogens with zero attached hydrogens (tertiary/aromatic N) is 2. The van der Waals surface area contributed by atoms with Gasteiger partial charge in [-0.2, -0.15) is 4.31 Å². The van der Waals surface area contributed by atoms with Gasteiger partial charge in [0.25, 0.3) is 5.91 Å². The van der Waals surface area contributed by atoms with Crippen molar-refractivity contribution in [2.75, 3.05) is 26.7 Å². The van der Waals surface area contributed by atoms with E-state index >= 15 is 0 Å². The maximum absolute atomic E-state index is 12.8. The van der Waals surface area contributed by atoms with Crippen LogP contribution in [-0.2, 0) is 16.6 Å². The number of carbonyl (C=O) groups is 1. The first-order valence-corrected chi connectivity index (χ1v) is 10.8. The van der Waals surface area contributed by atoms with Gasteiger partial charge in [0.1, 0.15) is 5.75 Å². The van der Waals surface area contributed by atoms with E-state index in [0.717, 1.165) is 11.3 Å². The Morgan fingerprint density at radius 1 is 1.00 bits per heavy atom. The Kier molecular flexibility index (Phi) is 7.60. The number of carbonyl (C=O) groups excluding carboxylic acids is 1. The fraction of sp³-hybridized carbons (Fsp3) is 0.381. The minimum absolute atomic E-state index is 0.136. The molecule has 0 radical (unpaired) electrons. The largest absolute Gasteiger partial charge is 0.494 e. The summed E-state index contributed by atoms with van der Waals surface area (Å²) < 4.78 is 32.2. The van der Waals surface area contributed by atoms with Crippen molar-refractivity contribution in [3.8, 4) is 5.75 Å². The Hall–Kier alpha value is -2.38. The summed E-state index contributed by atoms with van der Waals surface area (Å²) in [5, 5.41) is 0. The Morgan fingerprint density at radius 3 is 2.21 bits per heavy atom. The molecule has 6 nitrogen and oxygen atoms in total. The second-order valence-electron chi connectivity index (χ2n) is 6.36. The first-order chi connectivity index (χ1) is 13.3. The molecule has 0 spiro atoms. The van der Waals surface area contributed by atoms with Crippen LogP contribution in [0.1, 0.15) is 36.7 Å². The molecule has 0 aromatic heterocycles. The molecule has 2 aromatic rings. The zero-order valence-corrected chi connectivity index (χ0v) is 17.7. The van der Waals surface area contributed by atoms with Crippen LogP contribution in [0.3, 0.4) is 0 Å². The highest BCUT2D eigenvalue weighted by Crippen LogP contribution is 2.19. The van der Waals surface area contributed by atoms with Crippen LogP contribution in [0, 0.1) is 0 Å². The van der Waals surface area contributed by atoms with Crippen LogP contribution in [0.2, 0.25) is 0 Å². The molecule has 0 fully saturated rings. The predicted octanol–water partition coefficient (Wildman–Crippen LogP) is 3.39. The lowest BCUT2D eigenvalue weighted by Gasteiger charge is -2.20. The molecule has 7 heteroatoms. The van der Waals surface area contributed by atoms with E-state index in [4.69, 9.17) is 4.74 Å². The molecular weight excluding hydrogens is 376 g/mol. The highest BCUT2D eigenvalue weighted by atomic mass is 32.2. The molecule has 152 valence electrons. The molecular formula is C21H28N2O4S. The van der Waals surface area contributed by atoms with Gasteiger partial charge in [-0.15, -0.1) is 0 Å². The van der Waals surface area contributed by atoms with E-state index in [1.807, 2.05) is 31.2 Å². The van der Waals surface area contributed by atoms with Crippen molar-refractivity contribution < 1.29 is 17.9 Å². The van der Waals surface area contributed by atoms with Gasteiger partial charge in [0.2, 0.25) is 10.0 Å². The third-order valence-electron chi connectivity index (χ3n) is 4.42. The van der Waals surface area contributed by atoms with Gasteiger partial charge in [0.05, 0.1) is 11.5 Å². The number of hydrogen-bond donors (Lipinski definition) is 0. The normalized spacial score (nSPS) is 11.5. The maximum atomic E-state index is 12.8. The summed E-state index contributed by atoms with van der Waals surface area (Å²) >= 11 is 0. The highest BCUT2D eigenvalue weighted by Gasteiger charge is 2.23. The lowest BCUT2D eigenvalue weighted by atomic mass is 10.1. The van der Waals surface area contributed by atoms with Gasteiger partial charge < -0.3 is 9.64 Å². The lowest BCUT2D eigenvalue weighted by Crippen LogP contribution is -2.31. The number of benzene rings is 2. The van der Waals surface area contributed by atoms with E-state index in [1.165, 1.54) is 16.4 Å². The predicted molar refractivity (Wildman–Crippen MR) is 110 cm³/mol.